The Labute approximate surface area is 101 Å². The van der Waals surface area contributed by atoms with Gasteiger partial charge in [-0.25, -0.2) is 4.98 Å². The Kier molecular flexibility index (Phi) is 2.81. The zero-order valence-corrected chi connectivity index (χ0v) is 9.89. The zero-order chi connectivity index (χ0) is 12.8. The summed E-state index contributed by atoms with van der Waals surface area (Å²) in [6.07, 6.45) is -4.31. The van der Waals surface area contributed by atoms with Crippen LogP contribution in [0.3, 0.4) is 0 Å². The van der Waals surface area contributed by atoms with Crippen LogP contribution in [-0.4, -0.2) is 28.8 Å². The van der Waals surface area contributed by atoms with Crippen molar-refractivity contribution in [3.63, 3.8) is 0 Å². The van der Waals surface area contributed by atoms with Gasteiger partial charge in [-0.05, 0) is 13.0 Å². The van der Waals surface area contributed by atoms with Crippen LogP contribution in [0.1, 0.15) is 5.69 Å². The van der Waals surface area contributed by atoms with Crippen molar-refractivity contribution in [1.29, 1.82) is 0 Å². The standard InChI is InChI=1S/C9H8BClF3N3/c1-4-7-8(5(10)2-6(11)15-7)17(16-4)3-9(12,13)14/h2H,3,10H2,1H3. The molecule has 0 unspecified atom stereocenters. The second kappa shape index (κ2) is 3.91. The lowest BCUT2D eigenvalue weighted by Crippen LogP contribution is -2.21. The van der Waals surface area contributed by atoms with E-state index in [1.807, 2.05) is 0 Å². The Bertz CT molecular complexity index is 579. The quantitative estimate of drug-likeness (QED) is 0.571. The van der Waals surface area contributed by atoms with Gasteiger partial charge in [-0.3, -0.25) is 4.68 Å². The third-order valence-corrected chi connectivity index (χ3v) is 2.55. The number of alkyl halides is 3. The minimum atomic E-state index is -4.31. The molecule has 0 spiro atoms. The molecule has 2 rings (SSSR count). The number of hydrogen-bond donors (Lipinski definition) is 0. The van der Waals surface area contributed by atoms with Gasteiger partial charge in [0.1, 0.15) is 25.1 Å². The smallest absolute Gasteiger partial charge is 0.254 e. The first-order valence-electron chi connectivity index (χ1n) is 4.85. The van der Waals surface area contributed by atoms with Crippen molar-refractivity contribution in [1.82, 2.24) is 14.8 Å². The van der Waals surface area contributed by atoms with Gasteiger partial charge in [0.05, 0.1) is 11.2 Å². The molecule has 2 heterocycles. The fraction of sp³-hybridized carbons (Fsp3) is 0.333. The Morgan fingerprint density at radius 2 is 2.12 bits per heavy atom. The first-order chi connectivity index (χ1) is 7.78. The summed E-state index contributed by atoms with van der Waals surface area (Å²) in [5, 5.41) is 4.11. The highest BCUT2D eigenvalue weighted by Crippen LogP contribution is 2.22. The van der Waals surface area contributed by atoms with Crippen molar-refractivity contribution in [2.45, 2.75) is 19.6 Å². The maximum atomic E-state index is 12.4. The van der Waals surface area contributed by atoms with Crippen LogP contribution in [0.4, 0.5) is 13.2 Å². The molecule has 0 amide bonds. The summed E-state index contributed by atoms with van der Waals surface area (Å²) in [5.74, 6) is 0. The second-order valence-corrected chi connectivity index (χ2v) is 4.20. The molecular weight excluding hydrogens is 253 g/mol. The van der Waals surface area contributed by atoms with Crippen molar-refractivity contribution in [3.05, 3.63) is 16.9 Å². The highest BCUT2D eigenvalue weighted by Gasteiger charge is 2.30. The highest BCUT2D eigenvalue weighted by atomic mass is 35.5. The number of aryl methyl sites for hydroxylation is 1. The van der Waals surface area contributed by atoms with E-state index in [0.29, 0.717) is 22.2 Å². The fourth-order valence-electron chi connectivity index (χ4n) is 1.77. The third kappa shape index (κ3) is 2.38. The van der Waals surface area contributed by atoms with Crippen LogP contribution >= 0.6 is 11.6 Å². The number of fused-ring (bicyclic) bond motifs is 1. The van der Waals surface area contributed by atoms with E-state index in [-0.39, 0.29) is 5.15 Å². The monoisotopic (exact) mass is 261 g/mol. The number of pyridine rings is 1. The van der Waals surface area contributed by atoms with Crippen LogP contribution in [0.2, 0.25) is 5.15 Å². The van der Waals surface area contributed by atoms with E-state index >= 15 is 0 Å². The molecule has 0 radical (unpaired) electrons. The minimum Gasteiger partial charge on any atom is -0.254 e. The molecular formula is C9H8BClF3N3. The lowest BCUT2D eigenvalue weighted by atomic mass is 9.95. The molecule has 2 aromatic rings. The van der Waals surface area contributed by atoms with Crippen LogP contribution in [0, 0.1) is 6.92 Å². The summed E-state index contributed by atoms with van der Waals surface area (Å²) in [6, 6.07) is 1.53. The summed E-state index contributed by atoms with van der Waals surface area (Å²) < 4.78 is 38.1. The van der Waals surface area contributed by atoms with Crippen LogP contribution in [0.15, 0.2) is 6.07 Å². The molecule has 0 aromatic carbocycles. The van der Waals surface area contributed by atoms with Crippen molar-refractivity contribution < 1.29 is 13.2 Å². The van der Waals surface area contributed by atoms with Gasteiger partial charge in [-0.1, -0.05) is 17.1 Å². The average molecular weight is 261 g/mol. The molecule has 0 saturated heterocycles. The Morgan fingerprint density at radius 1 is 1.47 bits per heavy atom. The Hall–Kier alpha value is -1.24. The van der Waals surface area contributed by atoms with E-state index in [9.17, 15) is 13.2 Å². The van der Waals surface area contributed by atoms with Crippen molar-refractivity contribution in [3.8, 4) is 0 Å². The second-order valence-electron chi connectivity index (χ2n) is 3.82. The fourth-order valence-corrected chi connectivity index (χ4v) is 2.01. The molecule has 0 aliphatic heterocycles. The highest BCUT2D eigenvalue weighted by molar-refractivity contribution is 6.40. The predicted octanol–water partition coefficient (Wildman–Crippen LogP) is 1.21. The minimum absolute atomic E-state index is 0.254. The largest absolute Gasteiger partial charge is 0.408 e. The topological polar surface area (TPSA) is 30.7 Å². The molecule has 0 fully saturated rings. The molecule has 0 atom stereocenters. The molecule has 0 bridgehead atoms. The molecule has 0 saturated carbocycles. The van der Waals surface area contributed by atoms with E-state index in [4.69, 9.17) is 11.6 Å². The average Bonchev–Trinajstić information content (AvgIpc) is 2.39. The Morgan fingerprint density at radius 3 is 2.71 bits per heavy atom. The number of hydrogen-bond acceptors (Lipinski definition) is 2. The van der Waals surface area contributed by atoms with E-state index < -0.39 is 12.7 Å². The molecule has 90 valence electrons. The van der Waals surface area contributed by atoms with Gasteiger partial charge in [0.15, 0.2) is 0 Å². The van der Waals surface area contributed by atoms with Crippen LogP contribution in [0.5, 0.6) is 0 Å². The first-order valence-corrected chi connectivity index (χ1v) is 5.23. The van der Waals surface area contributed by atoms with Gasteiger partial charge in [0.2, 0.25) is 0 Å². The first kappa shape index (κ1) is 12.2. The number of nitrogens with zero attached hydrogens (tertiary/aromatic N) is 3. The molecule has 17 heavy (non-hydrogen) atoms. The molecule has 0 aliphatic rings. The summed E-state index contributed by atoms with van der Waals surface area (Å²) in [7, 11) is 1.68. The van der Waals surface area contributed by atoms with Crippen molar-refractivity contribution >= 4 is 35.9 Å². The summed E-state index contributed by atoms with van der Waals surface area (Å²) in [4.78, 5) is 4.00. The van der Waals surface area contributed by atoms with Gasteiger partial charge < -0.3 is 0 Å². The normalized spacial score (nSPS) is 12.3. The maximum Gasteiger partial charge on any atom is 0.408 e. The molecule has 3 nitrogen and oxygen atoms in total. The van der Waals surface area contributed by atoms with Crippen molar-refractivity contribution in [2.75, 3.05) is 0 Å². The lowest BCUT2D eigenvalue weighted by Gasteiger charge is -2.08. The molecule has 0 N–H and O–H groups in total. The lowest BCUT2D eigenvalue weighted by molar-refractivity contribution is -0.141. The summed E-state index contributed by atoms with van der Waals surface area (Å²) in [6.45, 7) is 0.486. The summed E-state index contributed by atoms with van der Waals surface area (Å²) >= 11 is 5.77. The maximum absolute atomic E-state index is 12.4. The molecule has 0 aliphatic carbocycles. The van der Waals surface area contributed by atoms with Crippen LogP contribution in [-0.2, 0) is 6.54 Å². The SMILES string of the molecule is Bc1cc(Cl)nc2c(C)nn(CC(F)(F)F)c12. The third-order valence-electron chi connectivity index (χ3n) is 2.35. The predicted molar refractivity (Wildman–Crippen MR) is 61.5 cm³/mol. The van der Waals surface area contributed by atoms with Crippen molar-refractivity contribution in [2.24, 2.45) is 0 Å². The summed E-state index contributed by atoms with van der Waals surface area (Å²) in [5.41, 5.74) is 1.86. The van der Waals surface area contributed by atoms with Gasteiger partial charge in [0.25, 0.3) is 0 Å². The van der Waals surface area contributed by atoms with Crippen LogP contribution < -0.4 is 5.46 Å². The van der Waals surface area contributed by atoms with E-state index in [1.165, 1.54) is 6.07 Å². The van der Waals surface area contributed by atoms with Gasteiger partial charge in [-0.2, -0.15) is 18.3 Å². The molecule has 8 heteroatoms. The Balaban J connectivity index is 2.66. The van der Waals surface area contributed by atoms with Crippen LogP contribution in [0.25, 0.3) is 11.0 Å². The van der Waals surface area contributed by atoms with E-state index in [2.05, 4.69) is 10.1 Å². The van der Waals surface area contributed by atoms with Gasteiger partial charge in [-0.15, -0.1) is 0 Å². The zero-order valence-electron chi connectivity index (χ0n) is 9.14. The van der Waals surface area contributed by atoms with E-state index in [1.54, 1.807) is 14.8 Å². The molecule has 2 aromatic heterocycles. The number of halogens is 4. The van der Waals surface area contributed by atoms with E-state index in [0.717, 1.165) is 4.68 Å². The van der Waals surface area contributed by atoms with Gasteiger partial charge in [0, 0.05) is 0 Å². The number of rotatable bonds is 1. The number of aromatic nitrogens is 3. The van der Waals surface area contributed by atoms with Gasteiger partial charge >= 0.3 is 6.18 Å².